The van der Waals surface area contributed by atoms with Crippen LogP contribution in [0.1, 0.15) is 16.7 Å². The Morgan fingerprint density at radius 3 is 2.59 bits per heavy atom. The Morgan fingerprint density at radius 2 is 1.90 bits per heavy atom. The second kappa shape index (κ2) is 8.32. The van der Waals surface area contributed by atoms with Crippen molar-refractivity contribution < 1.29 is 19.1 Å². The SMILES string of the molecule is C=CCOc1ccc(/C=C2\C(=O)NC(=O)N(c3cc(C)ccc3C)C2=O)cc1Cl. The highest BCUT2D eigenvalue weighted by Gasteiger charge is 2.37. The predicted octanol–water partition coefficient (Wildman–Crippen LogP) is 4.19. The number of carbonyl (C=O) groups is 3. The number of ether oxygens (including phenoxy) is 1. The third kappa shape index (κ3) is 4.22. The zero-order chi connectivity index (χ0) is 21.1. The van der Waals surface area contributed by atoms with Crippen molar-refractivity contribution >= 4 is 41.2 Å². The first-order valence-corrected chi connectivity index (χ1v) is 9.21. The molecule has 0 aromatic heterocycles. The summed E-state index contributed by atoms with van der Waals surface area (Å²) in [5, 5.41) is 2.55. The van der Waals surface area contributed by atoms with E-state index in [1.165, 1.54) is 6.08 Å². The van der Waals surface area contributed by atoms with Crippen LogP contribution in [0.5, 0.6) is 5.75 Å². The molecule has 29 heavy (non-hydrogen) atoms. The monoisotopic (exact) mass is 410 g/mol. The van der Waals surface area contributed by atoms with E-state index in [4.69, 9.17) is 16.3 Å². The van der Waals surface area contributed by atoms with Crippen LogP contribution in [0.4, 0.5) is 10.5 Å². The standard InChI is InChI=1S/C22H19ClN2O4/c1-4-9-29-19-8-7-15(12-17(19)23)11-16-20(26)24-22(28)25(21(16)27)18-10-13(2)5-6-14(18)3/h4-8,10-12H,1,9H2,2-3H3,(H,24,26,28)/b16-11+. The lowest BCUT2D eigenvalue weighted by Gasteiger charge is -2.27. The van der Waals surface area contributed by atoms with E-state index < -0.39 is 17.8 Å². The van der Waals surface area contributed by atoms with Crippen LogP contribution >= 0.6 is 11.6 Å². The fourth-order valence-electron chi connectivity index (χ4n) is 2.88. The van der Waals surface area contributed by atoms with Gasteiger partial charge in [-0.3, -0.25) is 14.9 Å². The van der Waals surface area contributed by atoms with E-state index in [2.05, 4.69) is 11.9 Å². The number of urea groups is 1. The lowest BCUT2D eigenvalue weighted by molar-refractivity contribution is -0.122. The molecule has 0 atom stereocenters. The van der Waals surface area contributed by atoms with E-state index in [0.29, 0.717) is 28.6 Å². The Hall–Kier alpha value is -3.38. The van der Waals surface area contributed by atoms with E-state index in [1.54, 1.807) is 37.3 Å². The maximum Gasteiger partial charge on any atom is 0.335 e. The normalized spacial score (nSPS) is 15.5. The van der Waals surface area contributed by atoms with E-state index in [9.17, 15) is 14.4 Å². The smallest absolute Gasteiger partial charge is 0.335 e. The van der Waals surface area contributed by atoms with Gasteiger partial charge in [0.25, 0.3) is 11.8 Å². The summed E-state index contributed by atoms with van der Waals surface area (Å²) < 4.78 is 5.42. The average molecular weight is 411 g/mol. The summed E-state index contributed by atoms with van der Waals surface area (Å²) in [5.41, 5.74) is 2.41. The van der Waals surface area contributed by atoms with Gasteiger partial charge in [-0.05, 0) is 54.8 Å². The van der Waals surface area contributed by atoms with E-state index in [0.717, 1.165) is 16.0 Å². The summed E-state index contributed by atoms with van der Waals surface area (Å²) in [5.74, 6) is -0.999. The van der Waals surface area contributed by atoms with Gasteiger partial charge in [-0.1, -0.05) is 42.5 Å². The molecule has 0 radical (unpaired) electrons. The van der Waals surface area contributed by atoms with Gasteiger partial charge in [0.15, 0.2) is 0 Å². The van der Waals surface area contributed by atoms with Crippen LogP contribution in [-0.4, -0.2) is 24.5 Å². The molecule has 0 aliphatic carbocycles. The second-order valence-electron chi connectivity index (χ2n) is 6.54. The second-order valence-corrected chi connectivity index (χ2v) is 6.94. The van der Waals surface area contributed by atoms with Gasteiger partial charge >= 0.3 is 6.03 Å². The van der Waals surface area contributed by atoms with Crippen molar-refractivity contribution in [1.29, 1.82) is 0 Å². The minimum Gasteiger partial charge on any atom is -0.488 e. The maximum absolute atomic E-state index is 13.0. The van der Waals surface area contributed by atoms with Crippen molar-refractivity contribution in [3.8, 4) is 5.75 Å². The molecule has 1 saturated heterocycles. The van der Waals surface area contributed by atoms with E-state index in [-0.39, 0.29) is 5.57 Å². The third-order valence-corrected chi connectivity index (χ3v) is 4.63. The zero-order valence-corrected chi connectivity index (χ0v) is 16.7. The molecular formula is C22H19ClN2O4. The van der Waals surface area contributed by atoms with E-state index >= 15 is 0 Å². The summed E-state index contributed by atoms with van der Waals surface area (Å²) in [7, 11) is 0. The average Bonchev–Trinajstić information content (AvgIpc) is 2.67. The number of hydrogen-bond donors (Lipinski definition) is 1. The molecule has 0 bridgehead atoms. The summed E-state index contributed by atoms with van der Waals surface area (Å²) in [6.07, 6.45) is 2.99. The Kier molecular flexibility index (Phi) is 5.84. The van der Waals surface area contributed by atoms with Crippen molar-refractivity contribution in [1.82, 2.24) is 5.32 Å². The first-order chi connectivity index (χ1) is 13.8. The van der Waals surface area contributed by atoms with Crippen molar-refractivity contribution in [2.75, 3.05) is 11.5 Å². The van der Waals surface area contributed by atoms with Crippen LogP contribution in [0.2, 0.25) is 5.02 Å². The van der Waals surface area contributed by atoms with Gasteiger partial charge in [-0.15, -0.1) is 0 Å². The molecule has 2 aromatic rings. The number of rotatable bonds is 5. The van der Waals surface area contributed by atoms with Crippen LogP contribution in [0.25, 0.3) is 6.08 Å². The molecular weight excluding hydrogens is 392 g/mol. The molecule has 0 saturated carbocycles. The van der Waals surface area contributed by atoms with Crippen LogP contribution in [-0.2, 0) is 9.59 Å². The van der Waals surface area contributed by atoms with Crippen LogP contribution in [0.3, 0.4) is 0 Å². The summed E-state index contributed by atoms with van der Waals surface area (Å²) >= 11 is 6.20. The Balaban J connectivity index is 1.98. The van der Waals surface area contributed by atoms with Gasteiger partial charge in [0, 0.05) is 0 Å². The Labute approximate surface area is 173 Å². The summed E-state index contributed by atoms with van der Waals surface area (Å²) in [6, 6.07) is 9.51. The predicted molar refractivity (Wildman–Crippen MR) is 112 cm³/mol. The number of aryl methyl sites for hydroxylation is 2. The molecule has 1 heterocycles. The molecule has 3 rings (SSSR count). The molecule has 2 aromatic carbocycles. The number of hydrogen-bond acceptors (Lipinski definition) is 4. The quantitative estimate of drug-likeness (QED) is 0.455. The van der Waals surface area contributed by atoms with Gasteiger partial charge < -0.3 is 4.74 Å². The van der Waals surface area contributed by atoms with Crippen LogP contribution in [0, 0.1) is 13.8 Å². The lowest BCUT2D eigenvalue weighted by atomic mass is 10.0. The third-order valence-electron chi connectivity index (χ3n) is 4.33. The fourth-order valence-corrected chi connectivity index (χ4v) is 3.12. The fraction of sp³-hybridized carbons (Fsp3) is 0.136. The number of nitrogens with one attached hydrogen (secondary N) is 1. The first-order valence-electron chi connectivity index (χ1n) is 8.83. The minimum atomic E-state index is -0.781. The van der Waals surface area contributed by atoms with Crippen LogP contribution < -0.4 is 15.0 Å². The molecule has 1 fully saturated rings. The van der Waals surface area contributed by atoms with Gasteiger partial charge in [-0.2, -0.15) is 0 Å². The molecule has 148 valence electrons. The number of amides is 4. The number of halogens is 1. The number of barbiturate groups is 1. The number of nitrogens with zero attached hydrogens (tertiary/aromatic N) is 1. The molecule has 4 amide bonds. The van der Waals surface area contributed by atoms with Crippen LogP contribution in [0.15, 0.2) is 54.6 Å². The van der Waals surface area contributed by atoms with E-state index in [1.807, 2.05) is 19.1 Å². The topological polar surface area (TPSA) is 75.7 Å². The van der Waals surface area contributed by atoms with Crippen molar-refractivity contribution in [2.45, 2.75) is 13.8 Å². The first kappa shape index (κ1) is 20.4. The Bertz CT molecular complexity index is 1060. The largest absolute Gasteiger partial charge is 0.488 e. The number of imide groups is 2. The summed E-state index contributed by atoms with van der Waals surface area (Å²) in [4.78, 5) is 38.7. The molecule has 1 N–H and O–H groups in total. The molecule has 6 nitrogen and oxygen atoms in total. The molecule has 7 heteroatoms. The highest BCUT2D eigenvalue weighted by Crippen LogP contribution is 2.29. The highest BCUT2D eigenvalue weighted by atomic mass is 35.5. The lowest BCUT2D eigenvalue weighted by Crippen LogP contribution is -2.54. The number of benzene rings is 2. The van der Waals surface area contributed by atoms with Crippen molar-refractivity contribution in [3.63, 3.8) is 0 Å². The van der Waals surface area contributed by atoms with Gasteiger partial charge in [0.1, 0.15) is 17.9 Å². The zero-order valence-electron chi connectivity index (χ0n) is 16.0. The highest BCUT2D eigenvalue weighted by molar-refractivity contribution is 6.39. The molecule has 0 spiro atoms. The minimum absolute atomic E-state index is 0.165. The number of carbonyl (C=O) groups excluding carboxylic acids is 3. The maximum atomic E-state index is 13.0. The summed E-state index contributed by atoms with van der Waals surface area (Å²) in [6.45, 7) is 7.52. The van der Waals surface area contributed by atoms with Gasteiger partial charge in [-0.25, -0.2) is 9.69 Å². The van der Waals surface area contributed by atoms with Gasteiger partial charge in [0.2, 0.25) is 0 Å². The molecule has 1 aliphatic rings. The molecule has 1 aliphatic heterocycles. The number of anilines is 1. The molecule has 0 unspecified atom stereocenters. The van der Waals surface area contributed by atoms with Gasteiger partial charge in [0.05, 0.1) is 10.7 Å². The Morgan fingerprint density at radius 1 is 1.14 bits per heavy atom. The van der Waals surface area contributed by atoms with Crippen molar-refractivity contribution in [2.24, 2.45) is 0 Å². The van der Waals surface area contributed by atoms with Crippen molar-refractivity contribution in [3.05, 3.63) is 76.3 Å².